The van der Waals surface area contributed by atoms with Gasteiger partial charge < -0.3 is 15.7 Å². The molecule has 1 aliphatic rings. The number of aryl methyl sites for hydroxylation is 2. The van der Waals surface area contributed by atoms with E-state index >= 15 is 0 Å². The fraction of sp³-hybridized carbons (Fsp3) is 0.714. The first-order chi connectivity index (χ1) is 9.65. The lowest BCUT2D eigenvalue weighted by atomic mass is 10.1. The van der Waals surface area contributed by atoms with Crippen LogP contribution in [0, 0.1) is 12.8 Å². The predicted molar refractivity (Wildman–Crippen MR) is 76.3 cm³/mol. The number of aliphatic hydroxyl groups is 1. The van der Waals surface area contributed by atoms with Crippen LogP contribution in [0.1, 0.15) is 31.2 Å². The Morgan fingerprint density at radius 1 is 1.50 bits per heavy atom. The highest BCUT2D eigenvalue weighted by atomic mass is 16.3. The summed E-state index contributed by atoms with van der Waals surface area (Å²) in [6.45, 7) is 3.99. The van der Waals surface area contributed by atoms with Crippen LogP contribution in [0.2, 0.25) is 0 Å². The lowest BCUT2D eigenvalue weighted by molar-refractivity contribution is 0.132. The first-order valence-corrected chi connectivity index (χ1v) is 7.34. The molecule has 112 valence electrons. The summed E-state index contributed by atoms with van der Waals surface area (Å²) in [5, 5.41) is 19.5. The van der Waals surface area contributed by atoms with Gasteiger partial charge in [-0.1, -0.05) is 6.42 Å². The van der Waals surface area contributed by atoms with Gasteiger partial charge in [-0.3, -0.25) is 4.68 Å². The Morgan fingerprint density at radius 2 is 2.35 bits per heavy atom. The van der Waals surface area contributed by atoms with Gasteiger partial charge in [-0.25, -0.2) is 4.79 Å². The number of carbonyl (C=O) groups excluding carboxylic acids is 1. The van der Waals surface area contributed by atoms with Crippen molar-refractivity contribution < 1.29 is 9.90 Å². The van der Waals surface area contributed by atoms with E-state index < -0.39 is 0 Å². The molecule has 2 amide bonds. The zero-order chi connectivity index (χ0) is 14.4. The molecule has 0 spiro atoms. The van der Waals surface area contributed by atoms with Crippen LogP contribution < -0.4 is 10.6 Å². The Labute approximate surface area is 119 Å². The van der Waals surface area contributed by atoms with Gasteiger partial charge in [-0.15, -0.1) is 0 Å². The molecule has 1 aromatic heterocycles. The molecule has 0 aliphatic heterocycles. The second kappa shape index (κ2) is 7.28. The van der Waals surface area contributed by atoms with Gasteiger partial charge in [0.1, 0.15) is 0 Å². The van der Waals surface area contributed by atoms with E-state index in [1.54, 1.807) is 0 Å². The molecular formula is C14H24N4O2. The van der Waals surface area contributed by atoms with Gasteiger partial charge in [0.05, 0.1) is 12.3 Å². The van der Waals surface area contributed by atoms with Crippen LogP contribution in [0.15, 0.2) is 12.4 Å². The standard InChI is InChI=1S/C14H24N4O2/c1-11-8-17-18(10-11)7-3-6-15-14(20)16-9-12-4-2-5-13(12)19/h8,10,12-13,19H,2-7,9H2,1H3,(H2,15,16,20). The van der Waals surface area contributed by atoms with E-state index in [1.807, 2.05) is 24.0 Å². The Bertz CT molecular complexity index is 433. The van der Waals surface area contributed by atoms with Crippen molar-refractivity contribution in [3.05, 3.63) is 18.0 Å². The summed E-state index contributed by atoms with van der Waals surface area (Å²) in [5.41, 5.74) is 1.14. The van der Waals surface area contributed by atoms with Crippen molar-refractivity contribution in [3.63, 3.8) is 0 Å². The van der Waals surface area contributed by atoms with Crippen LogP contribution in [0.4, 0.5) is 4.79 Å². The van der Waals surface area contributed by atoms with Gasteiger partial charge in [-0.2, -0.15) is 5.10 Å². The number of hydrogen-bond acceptors (Lipinski definition) is 3. The molecule has 0 aromatic carbocycles. The number of rotatable bonds is 6. The van der Waals surface area contributed by atoms with Gasteiger partial charge >= 0.3 is 6.03 Å². The molecule has 2 atom stereocenters. The first kappa shape index (κ1) is 14.8. The van der Waals surface area contributed by atoms with Crippen molar-refractivity contribution in [1.29, 1.82) is 0 Å². The monoisotopic (exact) mass is 280 g/mol. The van der Waals surface area contributed by atoms with Crippen molar-refractivity contribution >= 4 is 6.03 Å². The summed E-state index contributed by atoms with van der Waals surface area (Å²) in [5.74, 6) is 0.216. The molecule has 1 aromatic rings. The van der Waals surface area contributed by atoms with E-state index in [4.69, 9.17) is 0 Å². The molecule has 2 unspecified atom stereocenters. The average Bonchev–Trinajstić information content (AvgIpc) is 3.01. The largest absolute Gasteiger partial charge is 0.393 e. The molecule has 6 nitrogen and oxygen atoms in total. The van der Waals surface area contributed by atoms with Gasteiger partial charge in [0.2, 0.25) is 0 Å². The van der Waals surface area contributed by atoms with Crippen LogP contribution in [0.5, 0.6) is 0 Å². The molecule has 3 N–H and O–H groups in total. The minimum absolute atomic E-state index is 0.152. The molecule has 1 fully saturated rings. The first-order valence-electron chi connectivity index (χ1n) is 7.34. The number of aromatic nitrogens is 2. The molecule has 1 aliphatic carbocycles. The van der Waals surface area contributed by atoms with Gasteiger partial charge in [-0.05, 0) is 31.7 Å². The van der Waals surface area contributed by atoms with Gasteiger partial charge in [0.25, 0.3) is 0 Å². The Hall–Kier alpha value is -1.56. The molecule has 1 heterocycles. The molecule has 2 rings (SSSR count). The highest BCUT2D eigenvalue weighted by Gasteiger charge is 2.25. The number of nitrogens with one attached hydrogen (secondary N) is 2. The second-order valence-corrected chi connectivity index (χ2v) is 5.53. The molecule has 20 heavy (non-hydrogen) atoms. The summed E-state index contributed by atoms with van der Waals surface area (Å²) in [4.78, 5) is 11.6. The van der Waals surface area contributed by atoms with E-state index in [-0.39, 0.29) is 18.1 Å². The van der Waals surface area contributed by atoms with Crippen LogP contribution in [-0.2, 0) is 6.54 Å². The molecule has 0 radical (unpaired) electrons. The maximum Gasteiger partial charge on any atom is 0.314 e. The lowest BCUT2D eigenvalue weighted by Gasteiger charge is -2.15. The third-order valence-corrected chi connectivity index (χ3v) is 3.76. The number of urea groups is 1. The minimum Gasteiger partial charge on any atom is -0.393 e. The van der Waals surface area contributed by atoms with E-state index in [0.29, 0.717) is 13.1 Å². The summed E-state index contributed by atoms with van der Waals surface area (Å²) < 4.78 is 1.88. The summed E-state index contributed by atoms with van der Waals surface area (Å²) in [6.07, 6.45) is 7.32. The number of nitrogens with zero attached hydrogens (tertiary/aromatic N) is 2. The summed E-state index contributed by atoms with van der Waals surface area (Å²) in [7, 11) is 0. The Balaban J connectivity index is 1.54. The maximum atomic E-state index is 11.6. The average molecular weight is 280 g/mol. The van der Waals surface area contributed by atoms with Gasteiger partial charge in [0, 0.05) is 31.7 Å². The smallest absolute Gasteiger partial charge is 0.314 e. The van der Waals surface area contributed by atoms with Crippen LogP contribution in [0.25, 0.3) is 0 Å². The van der Waals surface area contributed by atoms with Crippen molar-refractivity contribution in [1.82, 2.24) is 20.4 Å². The van der Waals surface area contributed by atoms with Crippen LogP contribution in [-0.4, -0.2) is 40.1 Å². The number of hydrogen-bond donors (Lipinski definition) is 3. The molecule has 0 saturated heterocycles. The van der Waals surface area contributed by atoms with Crippen molar-refractivity contribution in [2.75, 3.05) is 13.1 Å². The van der Waals surface area contributed by atoms with E-state index in [0.717, 1.165) is 37.8 Å². The predicted octanol–water partition coefficient (Wildman–Crippen LogP) is 1.04. The zero-order valence-corrected chi connectivity index (χ0v) is 12.0. The van der Waals surface area contributed by atoms with E-state index in [9.17, 15) is 9.90 Å². The number of aliphatic hydroxyl groups excluding tert-OH is 1. The van der Waals surface area contributed by atoms with Crippen LogP contribution in [0.3, 0.4) is 0 Å². The zero-order valence-electron chi connectivity index (χ0n) is 12.0. The highest BCUT2D eigenvalue weighted by Crippen LogP contribution is 2.24. The molecule has 1 saturated carbocycles. The van der Waals surface area contributed by atoms with Gasteiger partial charge in [0.15, 0.2) is 0 Å². The van der Waals surface area contributed by atoms with Crippen LogP contribution >= 0.6 is 0 Å². The SMILES string of the molecule is Cc1cnn(CCCNC(=O)NCC2CCCC2O)c1. The second-order valence-electron chi connectivity index (χ2n) is 5.53. The number of amides is 2. The third-order valence-electron chi connectivity index (χ3n) is 3.76. The Kier molecular flexibility index (Phi) is 5.40. The van der Waals surface area contributed by atoms with Crippen molar-refractivity contribution in [2.24, 2.45) is 5.92 Å². The topological polar surface area (TPSA) is 79.2 Å². The number of carbonyl (C=O) groups is 1. The normalized spacial score (nSPS) is 21.9. The fourth-order valence-corrected chi connectivity index (χ4v) is 2.57. The summed E-state index contributed by atoms with van der Waals surface area (Å²) >= 11 is 0. The highest BCUT2D eigenvalue weighted by molar-refractivity contribution is 5.73. The van der Waals surface area contributed by atoms with Crippen molar-refractivity contribution in [2.45, 2.75) is 45.3 Å². The quantitative estimate of drug-likeness (QED) is 0.681. The van der Waals surface area contributed by atoms with E-state index in [1.165, 1.54) is 0 Å². The van der Waals surface area contributed by atoms with Crippen molar-refractivity contribution in [3.8, 4) is 0 Å². The fourth-order valence-electron chi connectivity index (χ4n) is 2.57. The third kappa shape index (κ3) is 4.52. The summed E-state index contributed by atoms with van der Waals surface area (Å²) in [6, 6.07) is -0.152. The molecule has 0 bridgehead atoms. The molecular weight excluding hydrogens is 256 g/mol. The Morgan fingerprint density at radius 3 is 3.00 bits per heavy atom. The maximum absolute atomic E-state index is 11.6. The minimum atomic E-state index is -0.252. The van der Waals surface area contributed by atoms with E-state index in [2.05, 4.69) is 15.7 Å². The lowest BCUT2D eigenvalue weighted by Crippen LogP contribution is -2.40. The molecule has 6 heteroatoms.